The zero-order valence-corrected chi connectivity index (χ0v) is 13.5. The van der Waals surface area contributed by atoms with Gasteiger partial charge in [0.25, 0.3) is 0 Å². The molecule has 0 saturated heterocycles. The first-order chi connectivity index (χ1) is 8.25. The van der Waals surface area contributed by atoms with Gasteiger partial charge in [-0.25, -0.2) is 0 Å². The minimum absolute atomic E-state index is 0. The summed E-state index contributed by atoms with van der Waals surface area (Å²) < 4.78 is 3.48. The van der Waals surface area contributed by atoms with Gasteiger partial charge in [-0.3, -0.25) is 0 Å². The normalized spacial score (nSPS) is 10.3. The Morgan fingerprint density at radius 2 is 1.83 bits per heavy atom. The van der Waals surface area contributed by atoms with E-state index in [-0.39, 0.29) is 17.0 Å². The van der Waals surface area contributed by atoms with Gasteiger partial charge in [0.2, 0.25) is 0 Å². The molecule has 2 heterocycles. The van der Waals surface area contributed by atoms with Crippen molar-refractivity contribution in [2.45, 2.75) is 13.8 Å². The Kier molecular flexibility index (Phi) is 4.00. The van der Waals surface area contributed by atoms with E-state index in [4.69, 9.17) is 0 Å². The Labute approximate surface area is 123 Å². The Morgan fingerprint density at radius 3 is 2.56 bits per heavy atom. The number of aromatic nitrogens is 2. The molecule has 2 aromatic heterocycles. The van der Waals surface area contributed by atoms with Crippen molar-refractivity contribution in [3.63, 3.8) is 0 Å². The molecule has 4 heteroatoms. The molecule has 0 aliphatic heterocycles. The fourth-order valence-corrected chi connectivity index (χ4v) is 4.19. The summed E-state index contributed by atoms with van der Waals surface area (Å²) in [5.41, 5.74) is 4.93. The van der Waals surface area contributed by atoms with E-state index in [9.17, 15) is 0 Å². The van der Waals surface area contributed by atoms with Crippen LogP contribution in [0.1, 0.15) is 11.4 Å². The van der Waals surface area contributed by atoms with Gasteiger partial charge in [-0.2, -0.15) is 0 Å². The fraction of sp³-hybridized carbons (Fsp3) is 0.143. The van der Waals surface area contributed by atoms with Crippen LogP contribution in [0.4, 0.5) is 0 Å². The van der Waals surface area contributed by atoms with Crippen molar-refractivity contribution < 1.29 is 21.4 Å². The Morgan fingerprint density at radius 1 is 1.11 bits per heavy atom. The molecule has 0 N–H and O–H groups in total. The molecule has 0 aliphatic rings. The Bertz CT molecular complexity index is 677. The van der Waals surface area contributed by atoms with Crippen LogP contribution >= 0.6 is 0 Å². The molecule has 0 saturated carbocycles. The third kappa shape index (κ3) is 2.28. The van der Waals surface area contributed by atoms with Crippen LogP contribution in [0.3, 0.4) is 0 Å². The van der Waals surface area contributed by atoms with E-state index in [1.807, 2.05) is 0 Å². The minimum atomic E-state index is 0. The van der Waals surface area contributed by atoms with Gasteiger partial charge in [-0.1, -0.05) is 0 Å². The fourth-order valence-electron chi connectivity index (χ4n) is 2.09. The summed E-state index contributed by atoms with van der Waals surface area (Å²) in [7, 11) is 0. The van der Waals surface area contributed by atoms with E-state index in [0.717, 1.165) is 5.69 Å². The molecule has 0 spiro atoms. The van der Waals surface area contributed by atoms with Crippen LogP contribution in [0.5, 0.6) is 0 Å². The van der Waals surface area contributed by atoms with Crippen LogP contribution in [-0.4, -0.2) is 19.5 Å². The van der Waals surface area contributed by atoms with Crippen molar-refractivity contribution in [2.24, 2.45) is 0 Å². The van der Waals surface area contributed by atoms with E-state index in [1.165, 1.54) is 21.5 Å². The molecule has 0 amide bonds. The summed E-state index contributed by atoms with van der Waals surface area (Å²) in [4.78, 5) is 6.95. The second kappa shape index (κ2) is 5.35. The van der Waals surface area contributed by atoms with E-state index in [2.05, 4.69) is 64.6 Å². The second-order valence-corrected chi connectivity index (χ2v) is 5.90. The number of hydrogen-bond donors (Lipinski definition) is 0. The first-order valence-corrected chi connectivity index (χ1v) is 7.43. The predicted octanol–water partition coefficient (Wildman–Crippen LogP) is -0.835. The average Bonchev–Trinajstić information content (AvgIpc) is 2.74. The van der Waals surface area contributed by atoms with Crippen molar-refractivity contribution >= 4 is 19.0 Å². The van der Waals surface area contributed by atoms with Crippen molar-refractivity contribution in [3.05, 3.63) is 52.7 Å². The largest absolute Gasteiger partial charge is 1.00 e. The predicted molar refractivity (Wildman–Crippen MR) is 69.2 cm³/mol. The van der Waals surface area contributed by atoms with Crippen molar-refractivity contribution in [1.29, 1.82) is 0 Å². The van der Waals surface area contributed by atoms with E-state index in [1.54, 1.807) is 0 Å². The van der Waals surface area contributed by atoms with E-state index >= 15 is 0 Å². The number of benzene rings is 1. The molecule has 18 heavy (non-hydrogen) atoms. The van der Waals surface area contributed by atoms with Crippen molar-refractivity contribution in [3.8, 4) is 11.3 Å². The summed E-state index contributed by atoms with van der Waals surface area (Å²) in [6.45, 7) is 4.21. The summed E-state index contributed by atoms with van der Waals surface area (Å²) in [5.74, 6) is 0. The molecule has 1 aromatic carbocycles. The van der Waals surface area contributed by atoms with Gasteiger partial charge in [-0.15, -0.1) is 0 Å². The molecule has 0 bridgehead atoms. The van der Waals surface area contributed by atoms with Crippen LogP contribution in [0.2, 0.25) is 0 Å². The molecule has 0 atom stereocenters. The molecule has 0 aliphatic carbocycles. The third-order valence-corrected chi connectivity index (χ3v) is 4.55. The minimum Gasteiger partial charge on any atom is -1.00 e. The molecule has 3 rings (SSSR count). The van der Waals surface area contributed by atoms with Gasteiger partial charge >= 0.3 is 106 Å². The monoisotopic (exact) mass is 368 g/mol. The topological polar surface area (TPSA) is 17.0 Å². The van der Waals surface area contributed by atoms with E-state index in [0.29, 0.717) is 14.5 Å². The number of fused-ring (bicyclic) bond motifs is 1. The van der Waals surface area contributed by atoms with E-state index < -0.39 is 0 Å². The maximum absolute atomic E-state index is 4.63. The van der Waals surface area contributed by atoms with Crippen molar-refractivity contribution in [2.75, 3.05) is 0 Å². The zero-order chi connectivity index (χ0) is 11.8. The number of nitrogens with zero attached hydrogens (tertiary/aromatic N) is 2. The molecule has 92 valence electrons. The van der Waals surface area contributed by atoms with Crippen molar-refractivity contribution in [1.82, 2.24) is 4.98 Å². The van der Waals surface area contributed by atoms with Crippen LogP contribution in [-0.2, 0) is 0 Å². The maximum atomic E-state index is 4.63. The number of rotatable bonds is 1. The molecular weight excluding hydrogens is 355 g/mol. The third-order valence-electron chi connectivity index (χ3n) is 2.82. The summed E-state index contributed by atoms with van der Waals surface area (Å²) >= 11 is 0.349. The summed E-state index contributed by atoms with van der Waals surface area (Å²) in [6.07, 6.45) is 0. The summed E-state index contributed by atoms with van der Waals surface area (Å²) in [5, 5.41) is 0. The van der Waals surface area contributed by atoms with Crippen LogP contribution in [0.25, 0.3) is 15.8 Å². The van der Waals surface area contributed by atoms with Gasteiger partial charge in [0.1, 0.15) is 0 Å². The second-order valence-electron chi connectivity index (χ2n) is 4.14. The number of halogens is 1. The molecular formula is C14H13BrN2Se. The molecule has 0 unspecified atom stereocenters. The van der Waals surface area contributed by atoms with Gasteiger partial charge < -0.3 is 17.0 Å². The number of aryl methyl sites for hydroxylation is 2. The quantitative estimate of drug-likeness (QED) is 0.405. The maximum Gasteiger partial charge on any atom is -1.00 e. The average molecular weight is 368 g/mol. The molecule has 2 nitrogen and oxygen atoms in total. The van der Waals surface area contributed by atoms with Crippen LogP contribution in [0.15, 0.2) is 41.3 Å². The van der Waals surface area contributed by atoms with Gasteiger partial charge in [0.05, 0.1) is 0 Å². The zero-order valence-electron chi connectivity index (χ0n) is 10.2. The first-order valence-electron chi connectivity index (χ1n) is 5.58. The van der Waals surface area contributed by atoms with Crippen LogP contribution in [0, 0.1) is 13.8 Å². The standard InChI is InChI=1S/C14H13N2Se.BrH/c1-10-8-11(2)16-13(9-17-14(16)15-10)12-6-4-3-5-7-12;/h3-9H,1-2H3;1H/q+1;/p-1. The van der Waals surface area contributed by atoms with Gasteiger partial charge in [-0.05, 0) is 0 Å². The van der Waals surface area contributed by atoms with Gasteiger partial charge in [0, 0.05) is 0 Å². The smallest absolute Gasteiger partial charge is 1.00 e. The first kappa shape index (κ1) is 13.5. The van der Waals surface area contributed by atoms with Gasteiger partial charge in [0.15, 0.2) is 0 Å². The van der Waals surface area contributed by atoms with Crippen LogP contribution < -0.4 is 21.4 Å². The Hall–Kier alpha value is -0.961. The molecule has 3 aromatic rings. The molecule has 0 radical (unpaired) electrons. The Balaban J connectivity index is 0.00000120. The number of hydrogen-bond acceptors (Lipinski definition) is 1. The SMILES string of the molecule is Cc1cc(C)[n+]2c(-c3ccccc3)c[se]c2n1.[Br-]. The molecule has 0 fully saturated rings. The summed E-state index contributed by atoms with van der Waals surface area (Å²) in [6, 6.07) is 12.7.